The normalized spacial score (nSPS) is 25.9. The first-order valence-electron chi connectivity index (χ1n) is 4.48. The minimum Gasteiger partial charge on any atom is -0.394 e. The van der Waals surface area contributed by atoms with Crippen molar-refractivity contribution in [1.82, 2.24) is 0 Å². The fourth-order valence-electron chi connectivity index (χ4n) is 1.66. The Bertz CT molecular complexity index is 358. The Balaban J connectivity index is 2.52. The lowest BCUT2D eigenvalue weighted by Gasteiger charge is -2.33. The zero-order valence-corrected chi connectivity index (χ0v) is 8.48. The number of aliphatic hydroxyl groups excluding tert-OH is 1. The third kappa shape index (κ3) is 1.54. The van der Waals surface area contributed by atoms with Gasteiger partial charge in [0.2, 0.25) is 0 Å². The molecule has 0 fully saturated rings. The summed E-state index contributed by atoms with van der Waals surface area (Å²) in [5.74, 6) is 0.574. The number of benzene rings is 1. The number of nitrogens with two attached hydrogens (primary N) is 1. The highest BCUT2D eigenvalue weighted by Crippen LogP contribution is 2.38. The van der Waals surface area contributed by atoms with E-state index in [0.29, 0.717) is 6.42 Å². The Morgan fingerprint density at radius 1 is 1.57 bits per heavy atom. The van der Waals surface area contributed by atoms with Crippen LogP contribution in [-0.4, -0.2) is 17.5 Å². The molecule has 0 saturated carbocycles. The van der Waals surface area contributed by atoms with Gasteiger partial charge < -0.3 is 10.8 Å². The van der Waals surface area contributed by atoms with Gasteiger partial charge in [0.15, 0.2) is 0 Å². The molecule has 4 heteroatoms. The molecule has 0 bridgehead atoms. The maximum Gasteiger partial charge on any atom is 0.123 e. The molecule has 0 aliphatic carbocycles. The second-order valence-corrected chi connectivity index (χ2v) is 4.69. The van der Waals surface area contributed by atoms with Crippen LogP contribution < -0.4 is 5.73 Å². The van der Waals surface area contributed by atoms with Crippen LogP contribution in [0.2, 0.25) is 0 Å². The van der Waals surface area contributed by atoms with Crippen molar-refractivity contribution in [2.45, 2.75) is 16.9 Å². The fraction of sp³-hybridized carbons (Fsp3) is 0.400. The molecule has 0 aromatic heterocycles. The van der Waals surface area contributed by atoms with Crippen LogP contribution in [0.4, 0.5) is 4.39 Å². The number of thioether (sulfide) groups is 1. The van der Waals surface area contributed by atoms with E-state index in [4.69, 9.17) is 5.73 Å². The fourth-order valence-corrected chi connectivity index (χ4v) is 2.93. The van der Waals surface area contributed by atoms with Crippen molar-refractivity contribution < 1.29 is 9.50 Å². The molecule has 1 heterocycles. The zero-order valence-electron chi connectivity index (χ0n) is 7.66. The summed E-state index contributed by atoms with van der Waals surface area (Å²) in [6, 6.07) is 4.58. The second kappa shape index (κ2) is 3.53. The van der Waals surface area contributed by atoms with Gasteiger partial charge in [-0.15, -0.1) is 11.8 Å². The molecule has 0 radical (unpaired) electrons. The van der Waals surface area contributed by atoms with Gasteiger partial charge >= 0.3 is 0 Å². The molecule has 14 heavy (non-hydrogen) atoms. The second-order valence-electron chi connectivity index (χ2n) is 3.55. The number of hydrogen-bond acceptors (Lipinski definition) is 3. The Morgan fingerprint density at radius 3 is 3.07 bits per heavy atom. The molecule has 0 amide bonds. The SMILES string of the molecule is NC1(CO)CCSc2ccc(F)cc21. The van der Waals surface area contributed by atoms with Gasteiger partial charge in [-0.3, -0.25) is 0 Å². The number of halogens is 1. The molecule has 0 spiro atoms. The monoisotopic (exact) mass is 213 g/mol. The highest BCUT2D eigenvalue weighted by atomic mass is 32.2. The average Bonchev–Trinajstić information content (AvgIpc) is 2.20. The number of rotatable bonds is 1. The topological polar surface area (TPSA) is 46.2 Å². The summed E-state index contributed by atoms with van der Waals surface area (Å²) in [6.07, 6.45) is 0.685. The number of fused-ring (bicyclic) bond motifs is 1. The average molecular weight is 213 g/mol. The number of hydrogen-bond donors (Lipinski definition) is 2. The minimum absolute atomic E-state index is 0.135. The van der Waals surface area contributed by atoms with E-state index < -0.39 is 5.54 Å². The summed E-state index contributed by atoms with van der Waals surface area (Å²) in [4.78, 5) is 0.981. The summed E-state index contributed by atoms with van der Waals surface area (Å²) in [5.41, 5.74) is 5.98. The van der Waals surface area contributed by atoms with Gasteiger partial charge in [0.1, 0.15) is 5.82 Å². The van der Waals surface area contributed by atoms with Crippen LogP contribution in [0, 0.1) is 5.82 Å². The highest BCUT2D eigenvalue weighted by Gasteiger charge is 2.32. The Kier molecular flexibility index (Phi) is 2.51. The van der Waals surface area contributed by atoms with Crippen LogP contribution in [0.25, 0.3) is 0 Å². The molecule has 2 rings (SSSR count). The van der Waals surface area contributed by atoms with E-state index in [1.807, 2.05) is 0 Å². The molecule has 1 aromatic rings. The van der Waals surface area contributed by atoms with Gasteiger partial charge in [0, 0.05) is 10.6 Å². The van der Waals surface area contributed by atoms with Gasteiger partial charge in [0.05, 0.1) is 12.1 Å². The molecule has 2 nitrogen and oxygen atoms in total. The van der Waals surface area contributed by atoms with Gasteiger partial charge in [-0.05, 0) is 30.2 Å². The van der Waals surface area contributed by atoms with E-state index >= 15 is 0 Å². The predicted octanol–water partition coefficient (Wildman–Crippen LogP) is 1.47. The van der Waals surface area contributed by atoms with Gasteiger partial charge in [-0.25, -0.2) is 4.39 Å². The van der Waals surface area contributed by atoms with Crippen LogP contribution in [0.3, 0.4) is 0 Å². The predicted molar refractivity (Wildman–Crippen MR) is 54.7 cm³/mol. The first kappa shape index (κ1) is 9.96. The summed E-state index contributed by atoms with van der Waals surface area (Å²) in [5, 5.41) is 9.23. The third-order valence-electron chi connectivity index (χ3n) is 2.57. The van der Waals surface area contributed by atoms with Gasteiger partial charge in [-0.2, -0.15) is 0 Å². The lowest BCUT2D eigenvalue weighted by Crippen LogP contribution is -2.43. The molecule has 3 N–H and O–H groups in total. The van der Waals surface area contributed by atoms with Crippen molar-refractivity contribution >= 4 is 11.8 Å². The summed E-state index contributed by atoms with van der Waals surface area (Å²) >= 11 is 1.66. The maximum atomic E-state index is 13.0. The van der Waals surface area contributed by atoms with E-state index in [9.17, 15) is 9.50 Å². The summed E-state index contributed by atoms with van der Waals surface area (Å²) < 4.78 is 13.0. The van der Waals surface area contributed by atoms with Crippen LogP contribution in [0.5, 0.6) is 0 Å². The summed E-state index contributed by atoms with van der Waals surface area (Å²) in [7, 11) is 0. The molecular weight excluding hydrogens is 201 g/mol. The Labute approximate surface area is 86.3 Å². The molecular formula is C10H12FNOS. The van der Waals surface area contributed by atoms with Crippen molar-refractivity contribution in [3.05, 3.63) is 29.6 Å². The van der Waals surface area contributed by atoms with Gasteiger partial charge in [0.25, 0.3) is 0 Å². The van der Waals surface area contributed by atoms with Crippen molar-refractivity contribution in [3.8, 4) is 0 Å². The Morgan fingerprint density at radius 2 is 2.36 bits per heavy atom. The highest BCUT2D eigenvalue weighted by molar-refractivity contribution is 7.99. The molecule has 1 aliphatic rings. The molecule has 0 saturated heterocycles. The lowest BCUT2D eigenvalue weighted by atomic mass is 9.88. The Hall–Kier alpha value is -0.580. The lowest BCUT2D eigenvalue weighted by molar-refractivity contribution is 0.189. The van der Waals surface area contributed by atoms with Crippen molar-refractivity contribution in [3.63, 3.8) is 0 Å². The van der Waals surface area contributed by atoms with Gasteiger partial charge in [-0.1, -0.05) is 0 Å². The zero-order chi connectivity index (χ0) is 10.2. The third-order valence-corrected chi connectivity index (χ3v) is 3.64. The van der Waals surface area contributed by atoms with Crippen molar-refractivity contribution in [1.29, 1.82) is 0 Å². The van der Waals surface area contributed by atoms with E-state index in [0.717, 1.165) is 16.2 Å². The van der Waals surface area contributed by atoms with E-state index in [-0.39, 0.29) is 12.4 Å². The largest absolute Gasteiger partial charge is 0.394 e. The molecule has 1 atom stereocenters. The van der Waals surface area contributed by atoms with Crippen LogP contribution >= 0.6 is 11.8 Å². The molecule has 1 unspecified atom stereocenters. The minimum atomic E-state index is -0.761. The van der Waals surface area contributed by atoms with Crippen LogP contribution in [0.1, 0.15) is 12.0 Å². The first-order valence-corrected chi connectivity index (χ1v) is 5.47. The number of aliphatic hydroxyl groups is 1. The smallest absolute Gasteiger partial charge is 0.123 e. The van der Waals surface area contributed by atoms with Crippen LogP contribution in [0.15, 0.2) is 23.1 Å². The van der Waals surface area contributed by atoms with E-state index in [1.165, 1.54) is 12.1 Å². The van der Waals surface area contributed by atoms with E-state index in [1.54, 1.807) is 17.8 Å². The molecule has 1 aliphatic heterocycles. The quantitative estimate of drug-likeness (QED) is 0.742. The first-order chi connectivity index (χ1) is 6.65. The maximum absolute atomic E-state index is 13.0. The van der Waals surface area contributed by atoms with E-state index in [2.05, 4.69) is 0 Å². The van der Waals surface area contributed by atoms with Crippen molar-refractivity contribution in [2.75, 3.05) is 12.4 Å². The summed E-state index contributed by atoms with van der Waals surface area (Å²) in [6.45, 7) is -0.135. The molecule has 1 aromatic carbocycles. The van der Waals surface area contributed by atoms with Crippen LogP contribution in [-0.2, 0) is 5.54 Å². The standard InChI is InChI=1S/C10H12FNOS/c11-7-1-2-9-8(5-7)10(12,6-13)3-4-14-9/h1-2,5,13H,3-4,6,12H2. The molecule has 76 valence electrons. The van der Waals surface area contributed by atoms with Crippen molar-refractivity contribution in [2.24, 2.45) is 5.73 Å².